The molecule has 94 valence electrons. The number of fused-ring (bicyclic) bond motifs is 1. The minimum absolute atomic E-state index is 1.08. The highest BCUT2D eigenvalue weighted by molar-refractivity contribution is 5.95. The van der Waals surface area contributed by atoms with Crippen molar-refractivity contribution >= 4 is 10.8 Å². The molecule has 0 aliphatic carbocycles. The lowest BCUT2D eigenvalue weighted by Gasteiger charge is -2.11. The molecule has 1 heterocycles. The predicted molar refractivity (Wildman–Crippen MR) is 81.4 cm³/mol. The summed E-state index contributed by atoms with van der Waals surface area (Å²) in [5.74, 6) is 0. The molecule has 0 unspecified atom stereocenters. The van der Waals surface area contributed by atoms with E-state index in [0.29, 0.717) is 0 Å². The van der Waals surface area contributed by atoms with Crippen LogP contribution in [0, 0.1) is 20.8 Å². The molecule has 0 saturated heterocycles. The van der Waals surface area contributed by atoms with Gasteiger partial charge >= 0.3 is 0 Å². The average Bonchev–Trinajstić information content (AvgIpc) is 2.42. The molecule has 0 aliphatic heterocycles. The Balaban J connectivity index is 2.33. The number of nitrogens with zero attached hydrogens (tertiary/aromatic N) is 1. The minimum atomic E-state index is 1.08. The van der Waals surface area contributed by atoms with Gasteiger partial charge in [0.15, 0.2) is 0 Å². The summed E-state index contributed by atoms with van der Waals surface area (Å²) in [5, 5.41) is 2.46. The molecular weight excluding hydrogens is 230 g/mol. The highest BCUT2D eigenvalue weighted by atomic mass is 14.7. The van der Waals surface area contributed by atoms with Crippen molar-refractivity contribution < 1.29 is 0 Å². The monoisotopic (exact) mass is 247 g/mol. The third kappa shape index (κ3) is 2.01. The number of aromatic nitrogens is 1. The highest BCUT2D eigenvalue weighted by Gasteiger charge is 2.09. The fraction of sp³-hybridized carbons (Fsp3) is 0.167. The topological polar surface area (TPSA) is 12.9 Å². The van der Waals surface area contributed by atoms with Crippen molar-refractivity contribution in [3.8, 4) is 11.3 Å². The van der Waals surface area contributed by atoms with Crippen molar-refractivity contribution in [2.75, 3.05) is 0 Å². The van der Waals surface area contributed by atoms with Crippen LogP contribution < -0.4 is 0 Å². The second-order valence-electron chi connectivity index (χ2n) is 5.13. The Bertz CT molecular complexity index is 751. The summed E-state index contributed by atoms with van der Waals surface area (Å²) in [7, 11) is 0. The smallest absolute Gasteiger partial charge is 0.0783 e. The lowest BCUT2D eigenvalue weighted by molar-refractivity contribution is 1.27. The first-order valence-electron chi connectivity index (χ1n) is 6.59. The zero-order valence-corrected chi connectivity index (χ0v) is 11.6. The first-order chi connectivity index (χ1) is 9.16. The Morgan fingerprint density at radius 1 is 0.789 bits per heavy atom. The molecule has 0 bridgehead atoms. The molecular formula is C18H17N. The van der Waals surface area contributed by atoms with Crippen molar-refractivity contribution in [1.29, 1.82) is 0 Å². The normalized spacial score (nSPS) is 10.9. The molecule has 1 aromatic heterocycles. The summed E-state index contributed by atoms with van der Waals surface area (Å²) >= 11 is 0. The Labute approximate surface area is 113 Å². The molecule has 0 aliphatic rings. The van der Waals surface area contributed by atoms with Gasteiger partial charge in [-0.05, 0) is 55.0 Å². The fourth-order valence-electron chi connectivity index (χ4n) is 2.55. The molecule has 3 rings (SSSR count). The maximum atomic E-state index is 4.61. The van der Waals surface area contributed by atoms with E-state index >= 15 is 0 Å². The van der Waals surface area contributed by atoms with Crippen molar-refractivity contribution in [3.63, 3.8) is 0 Å². The number of pyridine rings is 1. The van der Waals surface area contributed by atoms with Crippen LogP contribution in [0.25, 0.3) is 22.0 Å². The van der Waals surface area contributed by atoms with Gasteiger partial charge in [-0.1, -0.05) is 30.3 Å². The quantitative estimate of drug-likeness (QED) is 0.600. The first-order valence-corrected chi connectivity index (χ1v) is 6.59. The summed E-state index contributed by atoms with van der Waals surface area (Å²) in [6, 6.07) is 15.0. The highest BCUT2D eigenvalue weighted by Crippen LogP contribution is 2.30. The van der Waals surface area contributed by atoms with E-state index in [1.165, 1.54) is 33.0 Å². The van der Waals surface area contributed by atoms with Gasteiger partial charge in [-0.15, -0.1) is 0 Å². The van der Waals surface area contributed by atoms with Gasteiger partial charge < -0.3 is 0 Å². The molecule has 0 fully saturated rings. The lowest BCUT2D eigenvalue weighted by Crippen LogP contribution is -1.92. The van der Waals surface area contributed by atoms with Crippen molar-refractivity contribution in [1.82, 2.24) is 4.98 Å². The van der Waals surface area contributed by atoms with Gasteiger partial charge in [0, 0.05) is 17.1 Å². The third-order valence-corrected chi connectivity index (χ3v) is 3.77. The zero-order chi connectivity index (χ0) is 13.4. The number of benzene rings is 2. The largest absolute Gasteiger partial charge is 0.256 e. The molecule has 1 heteroatoms. The van der Waals surface area contributed by atoms with Crippen LogP contribution in [0.1, 0.15) is 16.7 Å². The van der Waals surface area contributed by atoms with Crippen molar-refractivity contribution in [2.24, 2.45) is 0 Å². The van der Waals surface area contributed by atoms with Gasteiger partial charge in [-0.3, -0.25) is 4.98 Å². The van der Waals surface area contributed by atoms with E-state index in [1.54, 1.807) is 0 Å². The van der Waals surface area contributed by atoms with E-state index in [0.717, 1.165) is 5.69 Å². The Morgan fingerprint density at radius 3 is 2.37 bits per heavy atom. The predicted octanol–water partition coefficient (Wildman–Crippen LogP) is 4.83. The summed E-state index contributed by atoms with van der Waals surface area (Å²) in [4.78, 5) is 4.61. The van der Waals surface area contributed by atoms with E-state index in [2.05, 4.69) is 68.2 Å². The molecule has 0 N–H and O–H groups in total. The summed E-state index contributed by atoms with van der Waals surface area (Å²) in [5.41, 5.74) is 6.25. The second kappa shape index (κ2) is 4.51. The van der Waals surface area contributed by atoms with E-state index in [4.69, 9.17) is 0 Å². The average molecular weight is 247 g/mol. The minimum Gasteiger partial charge on any atom is -0.256 e. The SMILES string of the molecule is Cc1cc(C)c(-c2nccc3ccccc23)cc1C. The van der Waals surface area contributed by atoms with Crippen LogP contribution >= 0.6 is 0 Å². The summed E-state index contributed by atoms with van der Waals surface area (Å²) in [6.07, 6.45) is 1.90. The Hall–Kier alpha value is -2.15. The van der Waals surface area contributed by atoms with Crippen molar-refractivity contribution in [2.45, 2.75) is 20.8 Å². The lowest BCUT2D eigenvalue weighted by atomic mass is 9.96. The molecule has 2 aromatic carbocycles. The molecule has 1 nitrogen and oxygen atoms in total. The molecule has 0 spiro atoms. The van der Waals surface area contributed by atoms with Crippen LogP contribution in [0.2, 0.25) is 0 Å². The number of hydrogen-bond donors (Lipinski definition) is 0. The van der Waals surface area contributed by atoms with Gasteiger partial charge in [-0.2, -0.15) is 0 Å². The van der Waals surface area contributed by atoms with Crippen LogP contribution in [0.5, 0.6) is 0 Å². The van der Waals surface area contributed by atoms with Crippen LogP contribution in [-0.4, -0.2) is 4.98 Å². The van der Waals surface area contributed by atoms with E-state index in [1.807, 2.05) is 6.20 Å². The molecule has 3 aromatic rings. The fourth-order valence-corrected chi connectivity index (χ4v) is 2.55. The van der Waals surface area contributed by atoms with E-state index in [9.17, 15) is 0 Å². The standard InChI is InChI=1S/C18H17N/c1-12-10-14(3)17(11-13(12)2)18-16-7-5-4-6-15(16)8-9-19-18/h4-11H,1-3H3. The number of aryl methyl sites for hydroxylation is 3. The Kier molecular flexibility index (Phi) is 2.83. The number of hydrogen-bond acceptors (Lipinski definition) is 1. The van der Waals surface area contributed by atoms with Gasteiger partial charge in [0.25, 0.3) is 0 Å². The third-order valence-electron chi connectivity index (χ3n) is 3.77. The van der Waals surface area contributed by atoms with Crippen LogP contribution in [0.4, 0.5) is 0 Å². The molecule has 0 atom stereocenters. The van der Waals surface area contributed by atoms with Gasteiger partial charge in [-0.25, -0.2) is 0 Å². The second-order valence-corrected chi connectivity index (χ2v) is 5.13. The zero-order valence-electron chi connectivity index (χ0n) is 11.6. The van der Waals surface area contributed by atoms with Gasteiger partial charge in [0.2, 0.25) is 0 Å². The van der Waals surface area contributed by atoms with Crippen LogP contribution in [-0.2, 0) is 0 Å². The maximum absolute atomic E-state index is 4.61. The first kappa shape index (κ1) is 11.9. The van der Waals surface area contributed by atoms with Gasteiger partial charge in [0.05, 0.1) is 5.69 Å². The van der Waals surface area contributed by atoms with Crippen LogP contribution in [0.15, 0.2) is 48.7 Å². The van der Waals surface area contributed by atoms with E-state index in [-0.39, 0.29) is 0 Å². The van der Waals surface area contributed by atoms with Crippen molar-refractivity contribution in [3.05, 3.63) is 65.4 Å². The molecule has 0 amide bonds. The molecule has 0 radical (unpaired) electrons. The molecule has 19 heavy (non-hydrogen) atoms. The Morgan fingerprint density at radius 2 is 1.53 bits per heavy atom. The van der Waals surface area contributed by atoms with E-state index < -0.39 is 0 Å². The summed E-state index contributed by atoms with van der Waals surface area (Å²) in [6.45, 7) is 6.47. The number of rotatable bonds is 1. The summed E-state index contributed by atoms with van der Waals surface area (Å²) < 4.78 is 0. The maximum Gasteiger partial charge on any atom is 0.0783 e. The van der Waals surface area contributed by atoms with Crippen LogP contribution in [0.3, 0.4) is 0 Å². The van der Waals surface area contributed by atoms with Gasteiger partial charge in [0.1, 0.15) is 0 Å². The molecule has 0 saturated carbocycles.